The Morgan fingerprint density at radius 2 is 1.88 bits per heavy atom. The summed E-state index contributed by atoms with van der Waals surface area (Å²) in [6.45, 7) is 1.32. The molecule has 17 heavy (non-hydrogen) atoms. The van der Waals surface area contributed by atoms with Gasteiger partial charge in [0.1, 0.15) is 5.75 Å². The van der Waals surface area contributed by atoms with Crippen LogP contribution in [0.2, 0.25) is 0 Å². The summed E-state index contributed by atoms with van der Waals surface area (Å²) in [6.07, 6.45) is -5.62. The molecule has 0 aliphatic rings. The van der Waals surface area contributed by atoms with E-state index >= 15 is 0 Å². The second kappa shape index (κ2) is 5.07. The van der Waals surface area contributed by atoms with Gasteiger partial charge in [0.25, 0.3) is 0 Å². The lowest BCUT2D eigenvalue weighted by molar-refractivity contribution is -0.150. The largest absolute Gasteiger partial charge is 0.478 e. The van der Waals surface area contributed by atoms with Crippen molar-refractivity contribution in [2.75, 3.05) is 7.11 Å². The monoisotopic (exact) mass is 248 g/mol. The fraction of sp³-hybridized carbons (Fsp3) is 0.364. The van der Waals surface area contributed by atoms with E-state index in [2.05, 4.69) is 4.74 Å². The first-order valence-corrected chi connectivity index (χ1v) is 4.77. The van der Waals surface area contributed by atoms with Gasteiger partial charge < -0.3 is 9.47 Å². The molecule has 0 heterocycles. The van der Waals surface area contributed by atoms with Gasteiger partial charge in [-0.25, -0.2) is 4.79 Å². The van der Waals surface area contributed by atoms with E-state index in [1.54, 1.807) is 0 Å². The molecular weight excluding hydrogens is 237 g/mol. The van der Waals surface area contributed by atoms with Gasteiger partial charge in [0.05, 0.1) is 12.7 Å². The topological polar surface area (TPSA) is 35.5 Å². The van der Waals surface area contributed by atoms with Crippen molar-refractivity contribution in [2.24, 2.45) is 0 Å². The maximum atomic E-state index is 12.6. The summed E-state index contributed by atoms with van der Waals surface area (Å²) in [4.78, 5) is 11.0. The van der Waals surface area contributed by atoms with E-state index in [0.717, 1.165) is 19.2 Å². The smallest absolute Gasteiger partial charge is 0.419 e. The summed E-state index contributed by atoms with van der Waals surface area (Å²) in [5.41, 5.74) is -0.921. The van der Waals surface area contributed by atoms with Crippen LogP contribution in [-0.2, 0) is 15.7 Å². The molecular formula is C11H11F3O3. The third-order valence-electron chi connectivity index (χ3n) is 2.03. The maximum Gasteiger partial charge on any atom is 0.419 e. The first kappa shape index (κ1) is 13.3. The number of para-hydroxylation sites is 1. The van der Waals surface area contributed by atoms with Gasteiger partial charge in [0, 0.05) is 0 Å². The van der Waals surface area contributed by atoms with Crippen LogP contribution >= 0.6 is 0 Å². The van der Waals surface area contributed by atoms with Crippen LogP contribution in [0.3, 0.4) is 0 Å². The van der Waals surface area contributed by atoms with Gasteiger partial charge in [-0.15, -0.1) is 0 Å². The van der Waals surface area contributed by atoms with E-state index in [0.29, 0.717) is 0 Å². The molecule has 0 bridgehead atoms. The molecule has 0 saturated heterocycles. The summed E-state index contributed by atoms with van der Waals surface area (Å²) in [7, 11) is 1.14. The molecule has 0 saturated carbocycles. The summed E-state index contributed by atoms with van der Waals surface area (Å²) < 4.78 is 47.1. The molecule has 0 aliphatic carbocycles. The van der Waals surface area contributed by atoms with Crippen LogP contribution in [0.15, 0.2) is 24.3 Å². The Bertz CT molecular complexity index is 401. The minimum absolute atomic E-state index is 0.391. The highest BCUT2D eigenvalue weighted by Crippen LogP contribution is 2.36. The molecule has 0 unspecified atom stereocenters. The lowest BCUT2D eigenvalue weighted by Crippen LogP contribution is -2.26. The number of methoxy groups -OCH3 is 1. The second-order valence-electron chi connectivity index (χ2n) is 3.28. The third-order valence-corrected chi connectivity index (χ3v) is 2.03. The minimum atomic E-state index is -4.52. The molecule has 0 aromatic heterocycles. The van der Waals surface area contributed by atoms with E-state index in [9.17, 15) is 18.0 Å². The molecule has 1 atom stereocenters. The number of carbonyl (C=O) groups is 1. The highest BCUT2D eigenvalue weighted by molar-refractivity contribution is 5.74. The molecule has 1 aromatic rings. The average molecular weight is 248 g/mol. The first-order valence-electron chi connectivity index (χ1n) is 4.77. The summed E-state index contributed by atoms with van der Waals surface area (Å²) in [5.74, 6) is -1.13. The van der Waals surface area contributed by atoms with Crippen molar-refractivity contribution >= 4 is 5.97 Å². The van der Waals surface area contributed by atoms with Crippen molar-refractivity contribution < 1.29 is 27.4 Å². The fourth-order valence-corrected chi connectivity index (χ4v) is 1.21. The van der Waals surface area contributed by atoms with Crippen LogP contribution in [0.4, 0.5) is 13.2 Å². The van der Waals surface area contributed by atoms with Gasteiger partial charge in [-0.05, 0) is 19.1 Å². The molecule has 0 amide bonds. The van der Waals surface area contributed by atoms with Crippen molar-refractivity contribution in [3.8, 4) is 5.75 Å². The molecule has 0 fully saturated rings. The van der Waals surface area contributed by atoms with Gasteiger partial charge in [0.15, 0.2) is 6.10 Å². The van der Waals surface area contributed by atoms with E-state index in [1.165, 1.54) is 19.1 Å². The number of ether oxygens (including phenoxy) is 2. The van der Waals surface area contributed by atoms with E-state index in [4.69, 9.17) is 4.74 Å². The highest BCUT2D eigenvalue weighted by Gasteiger charge is 2.34. The van der Waals surface area contributed by atoms with Gasteiger partial charge in [-0.2, -0.15) is 13.2 Å². The Morgan fingerprint density at radius 3 is 2.41 bits per heavy atom. The number of halogens is 3. The molecule has 1 rings (SSSR count). The van der Waals surface area contributed by atoms with Gasteiger partial charge >= 0.3 is 12.1 Å². The molecule has 0 radical (unpaired) electrons. The molecule has 1 aromatic carbocycles. The number of carbonyl (C=O) groups excluding carboxylic acids is 1. The standard InChI is InChI=1S/C11H11F3O3/c1-7(10(15)16-2)17-9-6-4-3-5-8(9)11(12,13)14/h3-7H,1-2H3/t7-/m0/s1. The number of benzene rings is 1. The first-order chi connectivity index (χ1) is 7.86. The van der Waals surface area contributed by atoms with Crippen LogP contribution in [0, 0.1) is 0 Å². The van der Waals surface area contributed by atoms with E-state index < -0.39 is 29.6 Å². The van der Waals surface area contributed by atoms with Crippen LogP contribution < -0.4 is 4.74 Å². The Kier molecular flexibility index (Phi) is 3.98. The van der Waals surface area contributed by atoms with Crippen LogP contribution in [0.25, 0.3) is 0 Å². The van der Waals surface area contributed by atoms with Gasteiger partial charge in [-0.3, -0.25) is 0 Å². The predicted molar refractivity (Wildman–Crippen MR) is 53.6 cm³/mol. The number of esters is 1. The van der Waals surface area contributed by atoms with Crippen molar-refractivity contribution in [2.45, 2.75) is 19.2 Å². The average Bonchev–Trinajstić information content (AvgIpc) is 2.27. The van der Waals surface area contributed by atoms with Crippen molar-refractivity contribution in [3.05, 3.63) is 29.8 Å². The zero-order chi connectivity index (χ0) is 13.1. The predicted octanol–water partition coefficient (Wildman–Crippen LogP) is 2.65. The van der Waals surface area contributed by atoms with Crippen molar-refractivity contribution in [1.29, 1.82) is 0 Å². The zero-order valence-electron chi connectivity index (χ0n) is 9.25. The fourth-order valence-electron chi connectivity index (χ4n) is 1.21. The maximum absolute atomic E-state index is 12.6. The Balaban J connectivity index is 2.95. The van der Waals surface area contributed by atoms with Gasteiger partial charge in [-0.1, -0.05) is 12.1 Å². The summed E-state index contributed by atoms with van der Waals surface area (Å²) >= 11 is 0. The second-order valence-corrected chi connectivity index (χ2v) is 3.28. The Hall–Kier alpha value is -1.72. The summed E-state index contributed by atoms with van der Waals surface area (Å²) in [6, 6.07) is 4.69. The molecule has 94 valence electrons. The van der Waals surface area contributed by atoms with Crippen LogP contribution in [-0.4, -0.2) is 19.2 Å². The lowest BCUT2D eigenvalue weighted by atomic mass is 10.2. The van der Waals surface area contributed by atoms with Gasteiger partial charge in [0.2, 0.25) is 0 Å². The van der Waals surface area contributed by atoms with Crippen LogP contribution in [0.5, 0.6) is 5.75 Å². The highest BCUT2D eigenvalue weighted by atomic mass is 19.4. The number of hydrogen-bond acceptors (Lipinski definition) is 3. The molecule has 6 heteroatoms. The molecule has 0 spiro atoms. The number of hydrogen-bond donors (Lipinski definition) is 0. The number of alkyl halides is 3. The van der Waals surface area contributed by atoms with Crippen LogP contribution in [0.1, 0.15) is 12.5 Å². The zero-order valence-corrected chi connectivity index (χ0v) is 9.25. The van der Waals surface area contributed by atoms with E-state index in [-0.39, 0.29) is 0 Å². The number of rotatable bonds is 3. The van der Waals surface area contributed by atoms with Crippen molar-refractivity contribution in [3.63, 3.8) is 0 Å². The van der Waals surface area contributed by atoms with Crippen molar-refractivity contribution in [1.82, 2.24) is 0 Å². The molecule has 0 aliphatic heterocycles. The molecule has 3 nitrogen and oxygen atoms in total. The minimum Gasteiger partial charge on any atom is -0.478 e. The lowest BCUT2D eigenvalue weighted by Gasteiger charge is -2.16. The summed E-state index contributed by atoms with van der Waals surface area (Å²) in [5, 5.41) is 0. The SMILES string of the molecule is COC(=O)[C@H](C)Oc1ccccc1C(F)(F)F. The van der Waals surface area contributed by atoms with E-state index in [1.807, 2.05) is 0 Å². The quantitative estimate of drug-likeness (QED) is 0.771. The Labute approximate surface area is 96.1 Å². The normalized spacial score (nSPS) is 13.0. The molecule has 0 N–H and O–H groups in total. The third kappa shape index (κ3) is 3.37. The Morgan fingerprint density at radius 1 is 1.29 bits per heavy atom.